The van der Waals surface area contributed by atoms with E-state index in [-0.39, 0.29) is 18.6 Å². The number of ether oxygens (including phenoxy) is 1. The van der Waals surface area contributed by atoms with Crippen LogP contribution >= 0.6 is 11.6 Å². The van der Waals surface area contributed by atoms with E-state index in [0.717, 1.165) is 11.1 Å². The predicted octanol–water partition coefficient (Wildman–Crippen LogP) is 3.45. The molecule has 1 atom stereocenters. The zero-order valence-corrected chi connectivity index (χ0v) is 15.0. The van der Waals surface area contributed by atoms with E-state index in [1.807, 2.05) is 45.3 Å². The molecule has 2 aromatic rings. The minimum Gasteiger partial charge on any atom is -0.484 e. The van der Waals surface area contributed by atoms with Gasteiger partial charge in [-0.25, -0.2) is 0 Å². The second-order valence-corrected chi connectivity index (χ2v) is 6.33. The zero-order valence-electron chi connectivity index (χ0n) is 14.3. The molecule has 0 saturated heterocycles. The van der Waals surface area contributed by atoms with Crippen LogP contribution in [0.2, 0.25) is 5.02 Å². The Bertz CT molecular complexity index is 674. The first-order valence-corrected chi connectivity index (χ1v) is 8.22. The molecule has 128 valence electrons. The summed E-state index contributed by atoms with van der Waals surface area (Å²) in [4.78, 5) is 14.2. The molecule has 0 unspecified atom stereocenters. The highest BCUT2D eigenvalue weighted by molar-refractivity contribution is 6.30. The van der Waals surface area contributed by atoms with Gasteiger partial charge in [-0.15, -0.1) is 0 Å². The fourth-order valence-electron chi connectivity index (χ4n) is 2.45. The summed E-state index contributed by atoms with van der Waals surface area (Å²) in [6.45, 7) is 2.41. The molecule has 5 heteroatoms. The van der Waals surface area contributed by atoms with Crippen molar-refractivity contribution in [3.63, 3.8) is 0 Å². The molecule has 0 bridgehead atoms. The highest BCUT2D eigenvalue weighted by Gasteiger charge is 2.15. The number of halogens is 1. The van der Waals surface area contributed by atoms with Crippen molar-refractivity contribution in [2.45, 2.75) is 13.0 Å². The first kappa shape index (κ1) is 18.3. The maximum absolute atomic E-state index is 12.1. The Hall–Kier alpha value is -2.04. The number of amides is 1. The molecule has 0 aliphatic heterocycles. The number of benzene rings is 2. The second-order valence-electron chi connectivity index (χ2n) is 5.89. The molecule has 2 aromatic carbocycles. The smallest absolute Gasteiger partial charge is 0.258 e. The molecule has 24 heavy (non-hydrogen) atoms. The molecule has 0 aromatic heterocycles. The third kappa shape index (κ3) is 5.25. The van der Waals surface area contributed by atoms with Crippen LogP contribution in [0.3, 0.4) is 0 Å². The molecule has 2 rings (SSSR count). The van der Waals surface area contributed by atoms with Gasteiger partial charge in [0.1, 0.15) is 5.75 Å². The van der Waals surface area contributed by atoms with Crippen LogP contribution < -0.4 is 10.1 Å². The number of carbonyl (C=O) groups excluding carboxylic acids is 1. The third-order valence-corrected chi connectivity index (χ3v) is 4.03. The number of carbonyl (C=O) groups is 1. The van der Waals surface area contributed by atoms with Crippen LogP contribution in [0.1, 0.15) is 17.2 Å². The number of rotatable bonds is 7. The standard InChI is InChI=1S/C19H23ClN2O2/c1-14-11-16(20)9-10-18(14)24-13-19(23)21-12-17(22(2)3)15-7-5-4-6-8-15/h4-11,17H,12-13H2,1-3H3,(H,21,23)/t17-/m0/s1. The van der Waals surface area contributed by atoms with Gasteiger partial charge in [0.15, 0.2) is 6.61 Å². The van der Waals surface area contributed by atoms with Gasteiger partial charge in [-0.05, 0) is 50.3 Å². The largest absolute Gasteiger partial charge is 0.484 e. The maximum Gasteiger partial charge on any atom is 0.258 e. The highest BCUT2D eigenvalue weighted by Crippen LogP contribution is 2.21. The van der Waals surface area contributed by atoms with Gasteiger partial charge in [-0.2, -0.15) is 0 Å². The lowest BCUT2D eigenvalue weighted by Crippen LogP contribution is -2.36. The molecule has 0 aliphatic carbocycles. The average Bonchev–Trinajstić information content (AvgIpc) is 2.55. The predicted molar refractivity (Wildman–Crippen MR) is 97.6 cm³/mol. The molecule has 0 saturated carbocycles. The Labute approximate surface area is 148 Å². The molecule has 0 fully saturated rings. The van der Waals surface area contributed by atoms with Crippen molar-refractivity contribution in [2.75, 3.05) is 27.2 Å². The number of nitrogens with one attached hydrogen (secondary N) is 1. The van der Waals surface area contributed by atoms with E-state index in [1.54, 1.807) is 12.1 Å². The maximum atomic E-state index is 12.1. The molecule has 1 amide bonds. The van der Waals surface area contributed by atoms with E-state index in [0.29, 0.717) is 17.3 Å². The Morgan fingerprint density at radius 3 is 2.54 bits per heavy atom. The van der Waals surface area contributed by atoms with E-state index < -0.39 is 0 Å². The zero-order chi connectivity index (χ0) is 17.5. The highest BCUT2D eigenvalue weighted by atomic mass is 35.5. The van der Waals surface area contributed by atoms with Crippen LogP contribution in [0.15, 0.2) is 48.5 Å². The topological polar surface area (TPSA) is 41.6 Å². The van der Waals surface area contributed by atoms with Crippen LogP contribution in [0.4, 0.5) is 0 Å². The van der Waals surface area contributed by atoms with Gasteiger partial charge < -0.3 is 15.0 Å². The fourth-order valence-corrected chi connectivity index (χ4v) is 2.68. The first-order valence-electron chi connectivity index (χ1n) is 7.84. The van der Waals surface area contributed by atoms with Crippen molar-refractivity contribution in [1.82, 2.24) is 10.2 Å². The van der Waals surface area contributed by atoms with Crippen LogP contribution in [0.5, 0.6) is 5.75 Å². The number of hydrogen-bond acceptors (Lipinski definition) is 3. The van der Waals surface area contributed by atoms with E-state index in [2.05, 4.69) is 22.3 Å². The van der Waals surface area contributed by atoms with Gasteiger partial charge in [-0.1, -0.05) is 41.9 Å². The van der Waals surface area contributed by atoms with Gasteiger partial charge >= 0.3 is 0 Å². The number of hydrogen-bond donors (Lipinski definition) is 1. The van der Waals surface area contributed by atoms with E-state index in [1.165, 1.54) is 0 Å². The molecule has 0 radical (unpaired) electrons. The number of likely N-dealkylation sites (N-methyl/N-ethyl adjacent to an activating group) is 1. The summed E-state index contributed by atoms with van der Waals surface area (Å²) in [6, 6.07) is 15.6. The van der Waals surface area contributed by atoms with Crippen molar-refractivity contribution in [1.29, 1.82) is 0 Å². The molecular weight excluding hydrogens is 324 g/mol. The van der Waals surface area contributed by atoms with Crippen LogP contribution in [0, 0.1) is 6.92 Å². The van der Waals surface area contributed by atoms with E-state index in [4.69, 9.17) is 16.3 Å². The van der Waals surface area contributed by atoms with Gasteiger partial charge in [0.25, 0.3) is 5.91 Å². The molecule has 4 nitrogen and oxygen atoms in total. The normalized spacial score (nSPS) is 12.0. The monoisotopic (exact) mass is 346 g/mol. The molecule has 0 heterocycles. The summed E-state index contributed by atoms with van der Waals surface area (Å²) < 4.78 is 5.57. The van der Waals surface area contributed by atoms with Gasteiger partial charge in [0.05, 0.1) is 6.04 Å². The Morgan fingerprint density at radius 1 is 1.21 bits per heavy atom. The van der Waals surface area contributed by atoms with Crippen molar-refractivity contribution >= 4 is 17.5 Å². The third-order valence-electron chi connectivity index (χ3n) is 3.80. The van der Waals surface area contributed by atoms with Gasteiger partial charge in [0, 0.05) is 11.6 Å². The molecule has 0 aliphatic rings. The van der Waals surface area contributed by atoms with Crippen LogP contribution in [-0.2, 0) is 4.79 Å². The van der Waals surface area contributed by atoms with Crippen molar-refractivity contribution < 1.29 is 9.53 Å². The van der Waals surface area contributed by atoms with Crippen molar-refractivity contribution in [3.8, 4) is 5.75 Å². The van der Waals surface area contributed by atoms with Crippen LogP contribution in [0.25, 0.3) is 0 Å². The lowest BCUT2D eigenvalue weighted by Gasteiger charge is -2.25. The lowest BCUT2D eigenvalue weighted by molar-refractivity contribution is -0.123. The van der Waals surface area contributed by atoms with Crippen molar-refractivity contribution in [3.05, 3.63) is 64.7 Å². The summed E-state index contributed by atoms with van der Waals surface area (Å²) >= 11 is 5.91. The van der Waals surface area contributed by atoms with Crippen molar-refractivity contribution in [2.24, 2.45) is 0 Å². The lowest BCUT2D eigenvalue weighted by atomic mass is 10.1. The minimum atomic E-state index is -0.146. The summed E-state index contributed by atoms with van der Waals surface area (Å²) in [5.74, 6) is 0.522. The van der Waals surface area contributed by atoms with Crippen LogP contribution in [-0.4, -0.2) is 38.1 Å². The second kappa shape index (κ2) is 8.71. The Balaban J connectivity index is 1.87. The molecule has 1 N–H and O–H groups in total. The quantitative estimate of drug-likeness (QED) is 0.835. The SMILES string of the molecule is Cc1cc(Cl)ccc1OCC(=O)NC[C@@H](c1ccccc1)N(C)C. The van der Waals surface area contributed by atoms with Gasteiger partial charge in [-0.3, -0.25) is 4.79 Å². The Morgan fingerprint density at radius 2 is 1.92 bits per heavy atom. The minimum absolute atomic E-state index is 0.0165. The fraction of sp³-hybridized carbons (Fsp3) is 0.316. The summed E-state index contributed by atoms with van der Waals surface area (Å²) in [7, 11) is 3.99. The number of nitrogens with zero attached hydrogens (tertiary/aromatic N) is 1. The summed E-state index contributed by atoms with van der Waals surface area (Å²) in [5, 5.41) is 3.59. The molecule has 0 spiro atoms. The summed E-state index contributed by atoms with van der Waals surface area (Å²) in [6.07, 6.45) is 0. The van der Waals surface area contributed by atoms with E-state index in [9.17, 15) is 4.79 Å². The van der Waals surface area contributed by atoms with Gasteiger partial charge in [0.2, 0.25) is 0 Å². The number of aryl methyl sites for hydroxylation is 1. The van der Waals surface area contributed by atoms with E-state index >= 15 is 0 Å². The average molecular weight is 347 g/mol. The first-order chi connectivity index (χ1) is 11.5. The summed E-state index contributed by atoms with van der Waals surface area (Å²) in [5.41, 5.74) is 2.07. The molecular formula is C19H23ClN2O2. The Kier molecular flexibility index (Phi) is 6.64.